The van der Waals surface area contributed by atoms with E-state index in [-0.39, 0.29) is 16.0 Å². The van der Waals surface area contributed by atoms with E-state index in [4.69, 9.17) is 16.3 Å². The summed E-state index contributed by atoms with van der Waals surface area (Å²) in [5.74, 6) is 0. The second kappa shape index (κ2) is 6.45. The highest BCUT2D eigenvalue weighted by Gasteiger charge is 2.13. The second-order valence-electron chi connectivity index (χ2n) is 3.48. The first-order chi connectivity index (χ1) is 7.65. The van der Waals surface area contributed by atoms with Crippen molar-refractivity contribution in [2.24, 2.45) is 0 Å². The standard InChI is InChI=1S/C11H14ClNO3/c1-16-8-10(12)7-6-9-4-2-3-5-11(9)13(14)15/h2-5,10H,6-8H2,1H3. The van der Waals surface area contributed by atoms with E-state index < -0.39 is 0 Å². The highest BCUT2D eigenvalue weighted by molar-refractivity contribution is 6.20. The van der Waals surface area contributed by atoms with Crippen molar-refractivity contribution in [1.82, 2.24) is 0 Å². The number of hydrogen-bond donors (Lipinski definition) is 0. The number of methoxy groups -OCH3 is 1. The minimum atomic E-state index is -0.366. The second-order valence-corrected chi connectivity index (χ2v) is 4.09. The van der Waals surface area contributed by atoms with Crippen LogP contribution in [0.3, 0.4) is 0 Å². The van der Waals surface area contributed by atoms with Gasteiger partial charge in [-0.25, -0.2) is 0 Å². The fourth-order valence-corrected chi connectivity index (χ4v) is 1.71. The summed E-state index contributed by atoms with van der Waals surface area (Å²) in [7, 11) is 1.58. The average molecular weight is 244 g/mol. The van der Waals surface area contributed by atoms with Crippen molar-refractivity contribution < 1.29 is 9.66 Å². The summed E-state index contributed by atoms with van der Waals surface area (Å²) in [5, 5.41) is 10.6. The third-order valence-electron chi connectivity index (χ3n) is 2.26. The molecule has 1 rings (SSSR count). The zero-order chi connectivity index (χ0) is 12.0. The van der Waals surface area contributed by atoms with Crippen LogP contribution < -0.4 is 0 Å². The summed E-state index contributed by atoms with van der Waals surface area (Å²) in [4.78, 5) is 10.4. The quantitative estimate of drug-likeness (QED) is 0.439. The van der Waals surface area contributed by atoms with Gasteiger partial charge < -0.3 is 4.74 Å². The van der Waals surface area contributed by atoms with Crippen LogP contribution in [-0.4, -0.2) is 24.0 Å². The summed E-state index contributed by atoms with van der Waals surface area (Å²) < 4.78 is 4.90. The molecule has 0 heterocycles. The van der Waals surface area contributed by atoms with Gasteiger partial charge in [-0.05, 0) is 12.8 Å². The molecule has 0 N–H and O–H groups in total. The predicted molar refractivity (Wildman–Crippen MR) is 62.9 cm³/mol. The number of benzene rings is 1. The van der Waals surface area contributed by atoms with Crippen LogP contribution in [0.25, 0.3) is 0 Å². The van der Waals surface area contributed by atoms with Crippen LogP contribution in [0, 0.1) is 10.1 Å². The Morgan fingerprint density at radius 1 is 1.50 bits per heavy atom. The predicted octanol–water partition coefficient (Wildman–Crippen LogP) is 2.78. The molecule has 0 aromatic heterocycles. The Balaban J connectivity index is 2.63. The van der Waals surface area contributed by atoms with Gasteiger partial charge in [0.1, 0.15) is 0 Å². The first-order valence-corrected chi connectivity index (χ1v) is 5.44. The largest absolute Gasteiger partial charge is 0.383 e. The molecule has 0 saturated carbocycles. The minimum absolute atomic E-state index is 0.107. The number of nitro benzene ring substituents is 1. The molecule has 4 nitrogen and oxygen atoms in total. The van der Waals surface area contributed by atoms with Gasteiger partial charge in [-0.15, -0.1) is 11.6 Å². The topological polar surface area (TPSA) is 52.4 Å². The summed E-state index contributed by atoms with van der Waals surface area (Å²) in [5.41, 5.74) is 0.873. The summed E-state index contributed by atoms with van der Waals surface area (Å²) in [6.45, 7) is 0.461. The monoisotopic (exact) mass is 243 g/mol. The SMILES string of the molecule is COCC(Cl)CCc1ccccc1[N+](=O)[O-]. The lowest BCUT2D eigenvalue weighted by atomic mass is 10.1. The molecule has 5 heteroatoms. The van der Waals surface area contributed by atoms with Crippen LogP contribution in [0.15, 0.2) is 24.3 Å². The van der Waals surface area contributed by atoms with Crippen molar-refractivity contribution in [2.45, 2.75) is 18.2 Å². The van der Waals surface area contributed by atoms with Crippen molar-refractivity contribution in [2.75, 3.05) is 13.7 Å². The number of alkyl halides is 1. The molecule has 0 saturated heterocycles. The molecule has 0 amide bonds. The number of ether oxygens (including phenoxy) is 1. The molecular weight excluding hydrogens is 230 g/mol. The molecule has 0 aliphatic carbocycles. The molecule has 0 radical (unpaired) electrons. The Bertz CT molecular complexity index is 357. The van der Waals surface area contributed by atoms with Crippen LogP contribution in [0.1, 0.15) is 12.0 Å². The van der Waals surface area contributed by atoms with Gasteiger partial charge in [0.25, 0.3) is 5.69 Å². The van der Waals surface area contributed by atoms with E-state index in [1.165, 1.54) is 6.07 Å². The Morgan fingerprint density at radius 3 is 2.81 bits per heavy atom. The number of hydrogen-bond acceptors (Lipinski definition) is 3. The molecule has 1 unspecified atom stereocenters. The highest BCUT2D eigenvalue weighted by atomic mass is 35.5. The number of rotatable bonds is 6. The molecule has 0 aliphatic heterocycles. The number of nitrogens with zero attached hydrogens (tertiary/aromatic N) is 1. The zero-order valence-corrected chi connectivity index (χ0v) is 9.81. The number of halogens is 1. The van der Waals surface area contributed by atoms with Crippen molar-refractivity contribution in [3.8, 4) is 0 Å². The molecule has 1 atom stereocenters. The van der Waals surface area contributed by atoms with Gasteiger partial charge in [0.15, 0.2) is 0 Å². The van der Waals surface area contributed by atoms with E-state index in [1.807, 2.05) is 0 Å². The van der Waals surface area contributed by atoms with E-state index >= 15 is 0 Å². The van der Waals surface area contributed by atoms with E-state index in [0.29, 0.717) is 25.0 Å². The minimum Gasteiger partial charge on any atom is -0.383 e. The van der Waals surface area contributed by atoms with Crippen molar-refractivity contribution in [3.63, 3.8) is 0 Å². The highest BCUT2D eigenvalue weighted by Crippen LogP contribution is 2.20. The van der Waals surface area contributed by atoms with Crippen molar-refractivity contribution in [1.29, 1.82) is 0 Å². The van der Waals surface area contributed by atoms with E-state index in [0.717, 1.165) is 0 Å². The van der Waals surface area contributed by atoms with Crippen LogP contribution in [0.2, 0.25) is 0 Å². The van der Waals surface area contributed by atoms with Crippen LogP contribution >= 0.6 is 11.6 Å². The Morgan fingerprint density at radius 2 is 2.19 bits per heavy atom. The molecule has 1 aromatic carbocycles. The molecule has 88 valence electrons. The number of aryl methyl sites for hydroxylation is 1. The maximum absolute atomic E-state index is 10.7. The van der Waals surface area contributed by atoms with Crippen LogP contribution in [0.5, 0.6) is 0 Å². The molecule has 0 spiro atoms. The molecule has 0 fully saturated rings. The van der Waals surface area contributed by atoms with Crippen LogP contribution in [0.4, 0.5) is 5.69 Å². The Hall–Kier alpha value is -1.13. The lowest BCUT2D eigenvalue weighted by Crippen LogP contribution is -2.09. The number of nitro groups is 1. The van der Waals surface area contributed by atoms with Gasteiger partial charge in [-0.2, -0.15) is 0 Å². The first-order valence-electron chi connectivity index (χ1n) is 5.00. The van der Waals surface area contributed by atoms with E-state index in [1.54, 1.807) is 25.3 Å². The van der Waals surface area contributed by atoms with Crippen molar-refractivity contribution >= 4 is 17.3 Å². The van der Waals surface area contributed by atoms with Gasteiger partial charge in [0.05, 0.1) is 16.9 Å². The summed E-state index contributed by atoms with van der Waals surface area (Å²) in [6.07, 6.45) is 1.26. The smallest absolute Gasteiger partial charge is 0.272 e. The zero-order valence-electron chi connectivity index (χ0n) is 9.06. The van der Waals surface area contributed by atoms with E-state index in [2.05, 4.69) is 0 Å². The van der Waals surface area contributed by atoms with Gasteiger partial charge in [0.2, 0.25) is 0 Å². The fourth-order valence-electron chi connectivity index (χ4n) is 1.48. The molecular formula is C11H14ClNO3. The maximum atomic E-state index is 10.7. The lowest BCUT2D eigenvalue weighted by Gasteiger charge is -2.07. The van der Waals surface area contributed by atoms with Gasteiger partial charge >= 0.3 is 0 Å². The van der Waals surface area contributed by atoms with Crippen LogP contribution in [-0.2, 0) is 11.2 Å². The maximum Gasteiger partial charge on any atom is 0.272 e. The average Bonchev–Trinajstić information content (AvgIpc) is 2.27. The number of para-hydroxylation sites is 1. The van der Waals surface area contributed by atoms with Gasteiger partial charge in [-0.1, -0.05) is 18.2 Å². The summed E-state index contributed by atoms with van der Waals surface area (Å²) >= 11 is 5.97. The van der Waals surface area contributed by atoms with Gasteiger partial charge in [0, 0.05) is 18.7 Å². The fraction of sp³-hybridized carbons (Fsp3) is 0.455. The van der Waals surface area contributed by atoms with Crippen molar-refractivity contribution in [3.05, 3.63) is 39.9 Å². The molecule has 16 heavy (non-hydrogen) atoms. The van der Waals surface area contributed by atoms with Gasteiger partial charge in [-0.3, -0.25) is 10.1 Å². The molecule has 0 aliphatic rings. The first kappa shape index (κ1) is 12.9. The Kier molecular flexibility index (Phi) is 5.22. The Labute approximate surface area is 99.3 Å². The lowest BCUT2D eigenvalue weighted by molar-refractivity contribution is -0.385. The summed E-state index contributed by atoms with van der Waals surface area (Å²) in [6, 6.07) is 6.72. The van der Waals surface area contributed by atoms with E-state index in [9.17, 15) is 10.1 Å². The normalized spacial score (nSPS) is 12.4. The molecule has 1 aromatic rings. The third-order valence-corrected chi connectivity index (χ3v) is 2.61. The third kappa shape index (κ3) is 3.79. The molecule has 0 bridgehead atoms.